The topological polar surface area (TPSA) is 72.2 Å². The molecular formula is C13H11F3N2O2S. The van der Waals surface area contributed by atoms with E-state index in [0.717, 1.165) is 12.1 Å². The molecule has 0 amide bonds. The van der Waals surface area contributed by atoms with Gasteiger partial charge in [-0.05, 0) is 36.8 Å². The summed E-state index contributed by atoms with van der Waals surface area (Å²) >= 11 is 0. The molecule has 0 aromatic heterocycles. The van der Waals surface area contributed by atoms with Crippen LogP contribution >= 0.6 is 0 Å². The number of benzene rings is 2. The lowest BCUT2D eigenvalue weighted by Crippen LogP contribution is -2.16. The first-order chi connectivity index (χ1) is 9.70. The second kappa shape index (κ2) is 5.28. The molecule has 4 nitrogen and oxygen atoms in total. The van der Waals surface area contributed by atoms with Crippen LogP contribution in [0.5, 0.6) is 0 Å². The fourth-order valence-corrected chi connectivity index (χ4v) is 2.92. The summed E-state index contributed by atoms with van der Waals surface area (Å²) in [6, 6.07) is 4.45. The first-order valence-electron chi connectivity index (χ1n) is 5.74. The lowest BCUT2D eigenvalue weighted by atomic mass is 10.2. The first kappa shape index (κ1) is 15.2. The molecule has 0 saturated heterocycles. The van der Waals surface area contributed by atoms with Gasteiger partial charge in [-0.3, -0.25) is 4.72 Å². The Hall–Kier alpha value is -2.22. The average Bonchev–Trinajstić information content (AvgIpc) is 2.37. The lowest BCUT2D eigenvalue weighted by molar-refractivity contribution is 0.553. The van der Waals surface area contributed by atoms with Crippen LogP contribution in [-0.2, 0) is 10.0 Å². The van der Waals surface area contributed by atoms with Gasteiger partial charge in [0.05, 0.1) is 11.4 Å². The number of nitrogen functional groups attached to an aromatic ring is 1. The molecular weight excluding hydrogens is 305 g/mol. The third-order valence-electron chi connectivity index (χ3n) is 2.77. The van der Waals surface area contributed by atoms with Gasteiger partial charge in [0.25, 0.3) is 10.0 Å². The number of halogens is 3. The van der Waals surface area contributed by atoms with Crippen LogP contribution in [0.3, 0.4) is 0 Å². The molecule has 0 aliphatic rings. The molecule has 3 N–H and O–H groups in total. The summed E-state index contributed by atoms with van der Waals surface area (Å²) in [5.74, 6) is -2.86. The van der Waals surface area contributed by atoms with Crippen molar-refractivity contribution in [1.82, 2.24) is 0 Å². The van der Waals surface area contributed by atoms with E-state index in [9.17, 15) is 21.6 Å². The van der Waals surface area contributed by atoms with Crippen molar-refractivity contribution >= 4 is 21.4 Å². The van der Waals surface area contributed by atoms with Crippen LogP contribution in [0.2, 0.25) is 0 Å². The van der Waals surface area contributed by atoms with E-state index in [1.807, 2.05) is 0 Å². The summed E-state index contributed by atoms with van der Waals surface area (Å²) in [6.45, 7) is 1.48. The van der Waals surface area contributed by atoms with E-state index in [2.05, 4.69) is 4.72 Å². The van der Waals surface area contributed by atoms with Gasteiger partial charge in [0.15, 0.2) is 0 Å². The van der Waals surface area contributed by atoms with Crippen molar-refractivity contribution in [3.63, 3.8) is 0 Å². The molecule has 0 aliphatic heterocycles. The number of sulfonamides is 1. The molecule has 2 rings (SSSR count). The Balaban J connectivity index is 2.46. The van der Waals surface area contributed by atoms with Gasteiger partial charge in [-0.25, -0.2) is 21.6 Å². The Morgan fingerprint density at radius 1 is 1.05 bits per heavy atom. The molecule has 2 aromatic rings. The minimum atomic E-state index is -4.31. The molecule has 2 aromatic carbocycles. The van der Waals surface area contributed by atoms with Gasteiger partial charge < -0.3 is 5.73 Å². The number of hydrogen-bond donors (Lipinski definition) is 2. The van der Waals surface area contributed by atoms with Gasteiger partial charge in [-0.15, -0.1) is 0 Å². The first-order valence-corrected chi connectivity index (χ1v) is 7.22. The predicted octanol–water partition coefficient (Wildman–Crippen LogP) is 2.80. The van der Waals surface area contributed by atoms with Crippen LogP contribution in [0.4, 0.5) is 24.5 Å². The number of hydrogen-bond acceptors (Lipinski definition) is 3. The maximum Gasteiger partial charge on any atom is 0.264 e. The van der Waals surface area contributed by atoms with Gasteiger partial charge in [-0.2, -0.15) is 0 Å². The number of nitrogens with two attached hydrogens (primary N) is 1. The summed E-state index contributed by atoms with van der Waals surface area (Å²) in [5.41, 5.74) is 5.15. The lowest BCUT2D eigenvalue weighted by Gasteiger charge is -2.12. The van der Waals surface area contributed by atoms with Crippen molar-refractivity contribution < 1.29 is 21.6 Å². The molecule has 112 valence electrons. The minimum absolute atomic E-state index is 0.0821. The SMILES string of the molecule is Cc1cc(F)ccc1NS(=O)(=O)c1cc(N)c(F)cc1F. The van der Waals surface area contributed by atoms with Crippen molar-refractivity contribution in [1.29, 1.82) is 0 Å². The van der Waals surface area contributed by atoms with Crippen molar-refractivity contribution in [2.24, 2.45) is 0 Å². The fourth-order valence-electron chi connectivity index (χ4n) is 1.69. The minimum Gasteiger partial charge on any atom is -0.396 e. The molecule has 0 aliphatic carbocycles. The summed E-state index contributed by atoms with van der Waals surface area (Å²) in [6.07, 6.45) is 0. The van der Waals surface area contributed by atoms with E-state index in [0.29, 0.717) is 17.7 Å². The molecule has 21 heavy (non-hydrogen) atoms. The maximum atomic E-state index is 13.6. The highest BCUT2D eigenvalue weighted by atomic mass is 32.2. The molecule has 0 bridgehead atoms. The van der Waals surface area contributed by atoms with Gasteiger partial charge >= 0.3 is 0 Å². The van der Waals surface area contributed by atoms with E-state index >= 15 is 0 Å². The predicted molar refractivity (Wildman–Crippen MR) is 72.7 cm³/mol. The van der Waals surface area contributed by atoms with E-state index in [-0.39, 0.29) is 5.69 Å². The van der Waals surface area contributed by atoms with Gasteiger partial charge in [-0.1, -0.05) is 0 Å². The summed E-state index contributed by atoms with van der Waals surface area (Å²) in [7, 11) is -4.31. The molecule has 0 saturated carbocycles. The molecule has 8 heteroatoms. The Bertz CT molecular complexity index is 807. The normalized spacial score (nSPS) is 11.4. The quantitative estimate of drug-likeness (QED) is 0.855. The zero-order valence-corrected chi connectivity index (χ0v) is 11.6. The van der Waals surface area contributed by atoms with Crippen LogP contribution < -0.4 is 10.5 Å². The van der Waals surface area contributed by atoms with Crippen LogP contribution in [0.1, 0.15) is 5.56 Å². The van der Waals surface area contributed by atoms with Crippen LogP contribution in [0, 0.1) is 24.4 Å². The van der Waals surface area contributed by atoms with Gasteiger partial charge in [0, 0.05) is 6.07 Å². The zero-order valence-electron chi connectivity index (χ0n) is 10.8. The highest BCUT2D eigenvalue weighted by molar-refractivity contribution is 7.92. The van der Waals surface area contributed by atoms with Gasteiger partial charge in [0.1, 0.15) is 22.3 Å². The number of nitrogens with one attached hydrogen (secondary N) is 1. The van der Waals surface area contributed by atoms with E-state index in [1.54, 1.807) is 0 Å². The maximum absolute atomic E-state index is 13.6. The highest BCUT2D eigenvalue weighted by Crippen LogP contribution is 2.25. The number of aryl methyl sites for hydroxylation is 1. The Morgan fingerprint density at radius 3 is 2.33 bits per heavy atom. The third-order valence-corrected chi connectivity index (χ3v) is 4.15. The Morgan fingerprint density at radius 2 is 1.71 bits per heavy atom. The van der Waals surface area contributed by atoms with Crippen molar-refractivity contribution in [3.8, 4) is 0 Å². The van der Waals surface area contributed by atoms with Crippen molar-refractivity contribution in [3.05, 3.63) is 53.3 Å². The second-order valence-electron chi connectivity index (χ2n) is 4.37. The van der Waals surface area contributed by atoms with E-state index in [1.165, 1.54) is 13.0 Å². The highest BCUT2D eigenvalue weighted by Gasteiger charge is 2.22. The standard InChI is InChI=1S/C13H11F3N2O2S/c1-7-4-8(14)2-3-12(7)18-21(19,20)13-6-11(17)9(15)5-10(13)16/h2-6,18H,17H2,1H3. The monoisotopic (exact) mass is 316 g/mol. The molecule has 0 heterocycles. The smallest absolute Gasteiger partial charge is 0.264 e. The van der Waals surface area contributed by atoms with Crippen LogP contribution in [0.15, 0.2) is 35.2 Å². The van der Waals surface area contributed by atoms with Crippen molar-refractivity contribution in [2.45, 2.75) is 11.8 Å². The van der Waals surface area contributed by atoms with E-state index < -0.39 is 38.1 Å². The van der Waals surface area contributed by atoms with Crippen LogP contribution in [0.25, 0.3) is 0 Å². The molecule has 0 unspecified atom stereocenters. The zero-order chi connectivity index (χ0) is 15.8. The summed E-state index contributed by atoms with van der Waals surface area (Å²) < 4.78 is 66.0. The number of anilines is 2. The third kappa shape index (κ3) is 3.10. The average molecular weight is 316 g/mol. The molecule has 0 spiro atoms. The summed E-state index contributed by atoms with van der Waals surface area (Å²) in [4.78, 5) is -0.787. The molecule has 0 radical (unpaired) electrons. The fraction of sp³-hybridized carbons (Fsp3) is 0.0769. The van der Waals surface area contributed by atoms with Crippen LogP contribution in [-0.4, -0.2) is 8.42 Å². The largest absolute Gasteiger partial charge is 0.396 e. The number of rotatable bonds is 3. The van der Waals surface area contributed by atoms with Crippen molar-refractivity contribution in [2.75, 3.05) is 10.5 Å². The molecule has 0 atom stereocenters. The summed E-state index contributed by atoms with van der Waals surface area (Å²) in [5, 5.41) is 0. The van der Waals surface area contributed by atoms with Gasteiger partial charge in [0.2, 0.25) is 0 Å². The van der Waals surface area contributed by atoms with E-state index in [4.69, 9.17) is 5.73 Å². The molecule has 0 fully saturated rings. The Labute approximate surface area is 119 Å². The Kier molecular flexibility index (Phi) is 3.82. The second-order valence-corrected chi connectivity index (χ2v) is 6.02.